The molecule has 0 atom stereocenters. The standard InChI is InChI=1S/C23H17N7O/c31-23(20-10-5-16-3-1-2-4-19(16)29-20)28-18-8-6-17(7-9-18)27-21-13-22(26-14-25-21)30-12-11-24-15-30/h1-15H,(H,28,31)(H,25,26,27). The van der Waals surface area contributed by atoms with Gasteiger partial charge in [-0.05, 0) is 36.4 Å². The number of anilines is 3. The van der Waals surface area contributed by atoms with E-state index in [2.05, 4.69) is 30.6 Å². The van der Waals surface area contributed by atoms with Crippen LogP contribution in [0.4, 0.5) is 17.2 Å². The molecule has 0 unspecified atom stereocenters. The topological polar surface area (TPSA) is 97.6 Å². The Kier molecular flexibility index (Phi) is 4.78. The highest BCUT2D eigenvalue weighted by molar-refractivity contribution is 6.04. The van der Waals surface area contributed by atoms with E-state index in [-0.39, 0.29) is 5.91 Å². The third-order valence-corrected chi connectivity index (χ3v) is 4.67. The Bertz CT molecular complexity index is 1350. The van der Waals surface area contributed by atoms with Crippen LogP contribution in [-0.2, 0) is 0 Å². The smallest absolute Gasteiger partial charge is 0.274 e. The van der Waals surface area contributed by atoms with Crippen molar-refractivity contribution in [3.8, 4) is 5.82 Å². The summed E-state index contributed by atoms with van der Waals surface area (Å²) < 4.78 is 1.80. The van der Waals surface area contributed by atoms with E-state index in [9.17, 15) is 4.79 Å². The molecule has 0 fully saturated rings. The fourth-order valence-corrected chi connectivity index (χ4v) is 3.12. The van der Waals surface area contributed by atoms with Crippen LogP contribution in [0.2, 0.25) is 0 Å². The second kappa shape index (κ2) is 8.03. The van der Waals surface area contributed by atoms with Crippen molar-refractivity contribution in [1.82, 2.24) is 24.5 Å². The fourth-order valence-electron chi connectivity index (χ4n) is 3.12. The van der Waals surface area contributed by atoms with Gasteiger partial charge in [-0.1, -0.05) is 24.3 Å². The number of amides is 1. The number of aromatic nitrogens is 5. The first kappa shape index (κ1) is 18.4. The Morgan fingerprint density at radius 2 is 1.74 bits per heavy atom. The summed E-state index contributed by atoms with van der Waals surface area (Å²) in [5.74, 6) is 1.10. The van der Waals surface area contributed by atoms with Gasteiger partial charge in [-0.2, -0.15) is 0 Å². The van der Waals surface area contributed by atoms with Gasteiger partial charge >= 0.3 is 0 Å². The molecule has 3 aromatic heterocycles. The Morgan fingerprint density at radius 3 is 2.58 bits per heavy atom. The van der Waals surface area contributed by atoms with Crippen LogP contribution in [0, 0.1) is 0 Å². The van der Waals surface area contributed by atoms with Crippen molar-refractivity contribution in [3.05, 3.63) is 97.5 Å². The minimum atomic E-state index is -0.257. The molecular formula is C23H17N7O. The van der Waals surface area contributed by atoms with E-state index in [1.165, 1.54) is 6.33 Å². The molecule has 8 nitrogen and oxygen atoms in total. The van der Waals surface area contributed by atoms with E-state index in [0.717, 1.165) is 16.6 Å². The molecule has 0 aliphatic carbocycles. The van der Waals surface area contributed by atoms with Gasteiger partial charge in [-0.3, -0.25) is 9.36 Å². The molecule has 5 aromatic rings. The highest BCUT2D eigenvalue weighted by Crippen LogP contribution is 2.19. The SMILES string of the molecule is O=C(Nc1ccc(Nc2cc(-n3ccnc3)ncn2)cc1)c1ccc2ccccc2n1. The molecule has 31 heavy (non-hydrogen) atoms. The molecular weight excluding hydrogens is 390 g/mol. The van der Waals surface area contributed by atoms with Gasteiger partial charge in [0, 0.05) is 35.2 Å². The number of hydrogen-bond donors (Lipinski definition) is 2. The zero-order valence-corrected chi connectivity index (χ0v) is 16.3. The molecule has 3 heterocycles. The third-order valence-electron chi connectivity index (χ3n) is 4.67. The number of hydrogen-bond acceptors (Lipinski definition) is 6. The van der Waals surface area contributed by atoms with Crippen molar-refractivity contribution in [1.29, 1.82) is 0 Å². The molecule has 5 rings (SSSR count). The first-order valence-electron chi connectivity index (χ1n) is 9.59. The number of nitrogens with zero attached hydrogens (tertiary/aromatic N) is 5. The van der Waals surface area contributed by atoms with Crippen LogP contribution in [0.25, 0.3) is 16.7 Å². The second-order valence-electron chi connectivity index (χ2n) is 6.78. The number of rotatable bonds is 5. The van der Waals surface area contributed by atoms with Crippen molar-refractivity contribution < 1.29 is 4.79 Å². The van der Waals surface area contributed by atoms with E-state index in [1.54, 1.807) is 23.2 Å². The number of pyridine rings is 1. The maximum atomic E-state index is 12.6. The number of imidazole rings is 1. The molecule has 0 aliphatic heterocycles. The summed E-state index contributed by atoms with van der Waals surface area (Å²) in [4.78, 5) is 29.5. The summed E-state index contributed by atoms with van der Waals surface area (Å²) >= 11 is 0. The number of carbonyl (C=O) groups excluding carboxylic acids is 1. The minimum absolute atomic E-state index is 0.257. The minimum Gasteiger partial charge on any atom is -0.340 e. The Balaban J connectivity index is 1.27. The van der Waals surface area contributed by atoms with Gasteiger partial charge in [0.05, 0.1) is 5.52 Å². The van der Waals surface area contributed by atoms with E-state index >= 15 is 0 Å². The molecule has 150 valence electrons. The van der Waals surface area contributed by atoms with E-state index < -0.39 is 0 Å². The summed E-state index contributed by atoms with van der Waals surface area (Å²) in [5.41, 5.74) is 2.66. The predicted octanol–water partition coefficient (Wildman–Crippen LogP) is 4.21. The number of benzene rings is 2. The van der Waals surface area contributed by atoms with Crippen molar-refractivity contribution >= 4 is 34.0 Å². The lowest BCUT2D eigenvalue weighted by atomic mass is 10.2. The van der Waals surface area contributed by atoms with Crippen LogP contribution in [0.15, 0.2) is 91.8 Å². The largest absolute Gasteiger partial charge is 0.340 e. The highest BCUT2D eigenvalue weighted by atomic mass is 16.1. The highest BCUT2D eigenvalue weighted by Gasteiger charge is 2.09. The first-order chi connectivity index (χ1) is 15.2. The van der Waals surface area contributed by atoms with E-state index in [0.29, 0.717) is 23.0 Å². The molecule has 0 spiro atoms. The summed E-state index contributed by atoms with van der Waals surface area (Å²) in [5, 5.41) is 7.10. The monoisotopic (exact) mass is 407 g/mol. The normalized spacial score (nSPS) is 10.7. The number of nitrogens with one attached hydrogen (secondary N) is 2. The molecule has 0 saturated carbocycles. The Labute approximate surface area is 177 Å². The second-order valence-corrected chi connectivity index (χ2v) is 6.78. The van der Waals surface area contributed by atoms with Gasteiger partial charge < -0.3 is 10.6 Å². The molecule has 2 N–H and O–H groups in total. The quantitative estimate of drug-likeness (QED) is 0.453. The van der Waals surface area contributed by atoms with Crippen molar-refractivity contribution in [2.75, 3.05) is 10.6 Å². The maximum absolute atomic E-state index is 12.6. The fraction of sp³-hybridized carbons (Fsp3) is 0. The molecule has 2 aromatic carbocycles. The lowest BCUT2D eigenvalue weighted by Gasteiger charge is -2.09. The molecule has 0 aliphatic rings. The molecule has 0 bridgehead atoms. The van der Waals surface area contributed by atoms with Crippen molar-refractivity contribution in [2.24, 2.45) is 0 Å². The van der Waals surface area contributed by atoms with Crippen molar-refractivity contribution in [2.45, 2.75) is 0 Å². The Hall–Kier alpha value is -4.59. The van der Waals surface area contributed by atoms with Gasteiger partial charge in [0.15, 0.2) is 0 Å². The lowest BCUT2D eigenvalue weighted by Crippen LogP contribution is -2.13. The molecule has 0 radical (unpaired) electrons. The molecule has 8 heteroatoms. The van der Waals surface area contributed by atoms with Crippen LogP contribution < -0.4 is 10.6 Å². The van der Waals surface area contributed by atoms with Crippen LogP contribution in [0.5, 0.6) is 0 Å². The summed E-state index contributed by atoms with van der Waals surface area (Å²) in [6, 6.07) is 20.5. The predicted molar refractivity (Wildman–Crippen MR) is 119 cm³/mol. The van der Waals surface area contributed by atoms with Crippen LogP contribution in [0.3, 0.4) is 0 Å². The number of fused-ring (bicyclic) bond motifs is 1. The van der Waals surface area contributed by atoms with Crippen LogP contribution in [0.1, 0.15) is 10.5 Å². The van der Waals surface area contributed by atoms with Gasteiger partial charge in [-0.15, -0.1) is 0 Å². The average molecular weight is 407 g/mol. The zero-order chi connectivity index (χ0) is 21.0. The van der Waals surface area contributed by atoms with E-state index in [1.807, 2.05) is 66.9 Å². The van der Waals surface area contributed by atoms with Crippen LogP contribution >= 0.6 is 0 Å². The van der Waals surface area contributed by atoms with Gasteiger partial charge in [0.1, 0.15) is 30.0 Å². The van der Waals surface area contributed by atoms with Crippen LogP contribution in [-0.4, -0.2) is 30.4 Å². The maximum Gasteiger partial charge on any atom is 0.274 e. The zero-order valence-electron chi connectivity index (χ0n) is 16.3. The summed E-state index contributed by atoms with van der Waals surface area (Å²) in [6.07, 6.45) is 6.67. The Morgan fingerprint density at radius 1 is 0.903 bits per heavy atom. The van der Waals surface area contributed by atoms with E-state index in [4.69, 9.17) is 0 Å². The molecule has 0 saturated heterocycles. The number of carbonyl (C=O) groups is 1. The average Bonchev–Trinajstić information content (AvgIpc) is 3.35. The van der Waals surface area contributed by atoms with Crippen molar-refractivity contribution in [3.63, 3.8) is 0 Å². The van der Waals surface area contributed by atoms with Gasteiger partial charge in [0.2, 0.25) is 0 Å². The summed E-state index contributed by atoms with van der Waals surface area (Å²) in [6.45, 7) is 0. The first-order valence-corrected chi connectivity index (χ1v) is 9.59. The summed E-state index contributed by atoms with van der Waals surface area (Å²) in [7, 11) is 0. The number of para-hydroxylation sites is 1. The van der Waals surface area contributed by atoms with Gasteiger partial charge in [-0.25, -0.2) is 19.9 Å². The van der Waals surface area contributed by atoms with Gasteiger partial charge in [0.25, 0.3) is 5.91 Å². The third kappa shape index (κ3) is 4.08. The lowest BCUT2D eigenvalue weighted by molar-refractivity contribution is 0.102. The molecule has 1 amide bonds.